The van der Waals surface area contributed by atoms with E-state index in [4.69, 9.17) is 16.9 Å². The summed E-state index contributed by atoms with van der Waals surface area (Å²) in [5.74, 6) is 2.46. The van der Waals surface area contributed by atoms with Gasteiger partial charge in [0.15, 0.2) is 0 Å². The summed E-state index contributed by atoms with van der Waals surface area (Å²) in [6, 6.07) is -0.201. The molecule has 0 amide bonds. The topological polar surface area (TPSA) is 35.2 Å². The predicted octanol–water partition coefficient (Wildman–Crippen LogP) is 0.126. The highest BCUT2D eigenvalue weighted by atomic mass is 16.5. The molecule has 1 heterocycles. The third kappa shape index (κ3) is 1.44. The summed E-state index contributed by atoms with van der Waals surface area (Å²) in [6.45, 7) is 0.819. The molecule has 1 saturated heterocycles. The van der Waals surface area contributed by atoms with Crippen molar-refractivity contribution in [3.8, 4) is 12.3 Å². The van der Waals surface area contributed by atoms with E-state index in [0.29, 0.717) is 0 Å². The molecule has 0 radical (unpaired) electrons. The fourth-order valence-electron chi connectivity index (χ4n) is 0.993. The fourth-order valence-corrected chi connectivity index (χ4v) is 0.993. The van der Waals surface area contributed by atoms with Crippen LogP contribution in [0, 0.1) is 12.3 Å². The standard InChI is InChI=1S/C7H11NO/c1-2-6(8)7-4-3-5-9-7/h1,6-7H,3-5,8H2/t6-,7+/m0/s1. The Labute approximate surface area is 55.4 Å². The Morgan fingerprint density at radius 2 is 2.56 bits per heavy atom. The monoisotopic (exact) mass is 125 g/mol. The average Bonchev–Trinajstić information content (AvgIpc) is 2.37. The van der Waals surface area contributed by atoms with E-state index >= 15 is 0 Å². The minimum atomic E-state index is -0.201. The van der Waals surface area contributed by atoms with Crippen LogP contribution in [0.15, 0.2) is 0 Å². The molecule has 9 heavy (non-hydrogen) atoms. The first-order valence-electron chi connectivity index (χ1n) is 3.18. The van der Waals surface area contributed by atoms with Crippen LogP contribution >= 0.6 is 0 Å². The van der Waals surface area contributed by atoms with E-state index in [1.165, 1.54) is 0 Å². The molecule has 0 aromatic carbocycles. The van der Waals surface area contributed by atoms with Crippen molar-refractivity contribution >= 4 is 0 Å². The van der Waals surface area contributed by atoms with Crippen LogP contribution in [0.1, 0.15) is 12.8 Å². The van der Waals surface area contributed by atoms with E-state index in [2.05, 4.69) is 5.92 Å². The number of nitrogens with two attached hydrogens (primary N) is 1. The summed E-state index contributed by atoms with van der Waals surface area (Å²) in [4.78, 5) is 0. The van der Waals surface area contributed by atoms with Crippen LogP contribution in [0.3, 0.4) is 0 Å². The van der Waals surface area contributed by atoms with E-state index in [9.17, 15) is 0 Å². The summed E-state index contributed by atoms with van der Waals surface area (Å²) in [5.41, 5.74) is 5.52. The van der Waals surface area contributed by atoms with Gasteiger partial charge in [0, 0.05) is 6.61 Å². The van der Waals surface area contributed by atoms with Gasteiger partial charge in [-0.05, 0) is 12.8 Å². The largest absolute Gasteiger partial charge is 0.376 e. The van der Waals surface area contributed by atoms with Crippen LogP contribution in [0.2, 0.25) is 0 Å². The quantitative estimate of drug-likeness (QED) is 0.505. The van der Waals surface area contributed by atoms with E-state index in [0.717, 1.165) is 19.4 Å². The van der Waals surface area contributed by atoms with Crippen LogP contribution in [0.5, 0.6) is 0 Å². The lowest BCUT2D eigenvalue weighted by molar-refractivity contribution is 0.103. The summed E-state index contributed by atoms with van der Waals surface area (Å²) in [5, 5.41) is 0. The van der Waals surface area contributed by atoms with Crippen LogP contribution in [0.25, 0.3) is 0 Å². The molecule has 2 heteroatoms. The average molecular weight is 125 g/mol. The highest BCUT2D eigenvalue weighted by molar-refractivity contribution is 5.01. The molecule has 1 fully saturated rings. The molecule has 0 bridgehead atoms. The van der Waals surface area contributed by atoms with Gasteiger partial charge in [-0.1, -0.05) is 5.92 Å². The second-order valence-electron chi connectivity index (χ2n) is 2.24. The third-order valence-corrected chi connectivity index (χ3v) is 1.56. The Balaban J connectivity index is 2.34. The molecule has 2 N–H and O–H groups in total. The minimum absolute atomic E-state index is 0.120. The Kier molecular flexibility index (Phi) is 2.10. The first-order chi connectivity index (χ1) is 4.34. The van der Waals surface area contributed by atoms with Crippen molar-refractivity contribution in [2.24, 2.45) is 5.73 Å². The number of terminal acetylenes is 1. The lowest BCUT2D eigenvalue weighted by Gasteiger charge is -2.11. The zero-order chi connectivity index (χ0) is 6.69. The zero-order valence-electron chi connectivity index (χ0n) is 5.34. The predicted molar refractivity (Wildman–Crippen MR) is 35.8 cm³/mol. The zero-order valence-corrected chi connectivity index (χ0v) is 5.34. The lowest BCUT2D eigenvalue weighted by atomic mass is 10.1. The van der Waals surface area contributed by atoms with Crippen LogP contribution in [-0.2, 0) is 4.74 Å². The highest BCUT2D eigenvalue weighted by Crippen LogP contribution is 2.13. The number of hydrogen-bond donors (Lipinski definition) is 1. The van der Waals surface area contributed by atoms with Crippen molar-refractivity contribution in [2.75, 3.05) is 6.61 Å². The molecule has 0 aromatic rings. The summed E-state index contributed by atoms with van der Waals surface area (Å²) in [6.07, 6.45) is 7.33. The molecule has 0 spiro atoms. The summed E-state index contributed by atoms with van der Waals surface area (Å²) >= 11 is 0. The second-order valence-corrected chi connectivity index (χ2v) is 2.24. The molecular formula is C7H11NO. The van der Waals surface area contributed by atoms with Gasteiger partial charge in [-0.25, -0.2) is 0 Å². The molecule has 1 aliphatic heterocycles. The van der Waals surface area contributed by atoms with Gasteiger partial charge in [0.05, 0.1) is 12.1 Å². The van der Waals surface area contributed by atoms with Gasteiger partial charge in [0.25, 0.3) is 0 Å². The van der Waals surface area contributed by atoms with Crippen molar-refractivity contribution in [3.05, 3.63) is 0 Å². The molecule has 0 aromatic heterocycles. The molecule has 0 unspecified atom stereocenters. The highest BCUT2D eigenvalue weighted by Gasteiger charge is 2.20. The normalized spacial score (nSPS) is 29.6. The number of rotatable bonds is 1. The van der Waals surface area contributed by atoms with Crippen molar-refractivity contribution < 1.29 is 4.74 Å². The summed E-state index contributed by atoms with van der Waals surface area (Å²) in [7, 11) is 0. The van der Waals surface area contributed by atoms with Gasteiger partial charge in [0.1, 0.15) is 0 Å². The molecule has 50 valence electrons. The van der Waals surface area contributed by atoms with E-state index < -0.39 is 0 Å². The molecule has 1 rings (SSSR count). The molecule has 2 atom stereocenters. The Morgan fingerprint density at radius 3 is 3.00 bits per heavy atom. The van der Waals surface area contributed by atoms with Gasteiger partial charge in [-0.2, -0.15) is 0 Å². The Hall–Kier alpha value is -0.520. The fraction of sp³-hybridized carbons (Fsp3) is 0.714. The Morgan fingerprint density at radius 1 is 1.78 bits per heavy atom. The minimum Gasteiger partial charge on any atom is -0.376 e. The molecular weight excluding hydrogens is 114 g/mol. The van der Waals surface area contributed by atoms with Gasteiger partial charge in [0.2, 0.25) is 0 Å². The van der Waals surface area contributed by atoms with Crippen LogP contribution in [0.4, 0.5) is 0 Å². The van der Waals surface area contributed by atoms with E-state index in [1.807, 2.05) is 0 Å². The van der Waals surface area contributed by atoms with E-state index in [-0.39, 0.29) is 12.1 Å². The third-order valence-electron chi connectivity index (χ3n) is 1.56. The number of hydrogen-bond acceptors (Lipinski definition) is 2. The smallest absolute Gasteiger partial charge is 0.0927 e. The maximum atomic E-state index is 5.52. The van der Waals surface area contributed by atoms with Gasteiger partial charge < -0.3 is 10.5 Å². The first kappa shape index (κ1) is 6.60. The van der Waals surface area contributed by atoms with Gasteiger partial charge in [-0.3, -0.25) is 0 Å². The molecule has 2 nitrogen and oxygen atoms in total. The maximum Gasteiger partial charge on any atom is 0.0927 e. The van der Waals surface area contributed by atoms with Gasteiger partial charge in [-0.15, -0.1) is 6.42 Å². The first-order valence-corrected chi connectivity index (χ1v) is 3.18. The number of ether oxygens (including phenoxy) is 1. The van der Waals surface area contributed by atoms with Gasteiger partial charge >= 0.3 is 0 Å². The maximum absolute atomic E-state index is 5.52. The SMILES string of the molecule is C#C[C@H](N)[C@H]1CCCO1. The lowest BCUT2D eigenvalue weighted by Crippen LogP contribution is -2.32. The van der Waals surface area contributed by atoms with Crippen molar-refractivity contribution in [1.82, 2.24) is 0 Å². The second kappa shape index (κ2) is 2.86. The van der Waals surface area contributed by atoms with Crippen molar-refractivity contribution in [2.45, 2.75) is 25.0 Å². The van der Waals surface area contributed by atoms with Crippen molar-refractivity contribution in [1.29, 1.82) is 0 Å². The van der Waals surface area contributed by atoms with Crippen molar-refractivity contribution in [3.63, 3.8) is 0 Å². The molecule has 1 aliphatic rings. The summed E-state index contributed by atoms with van der Waals surface area (Å²) < 4.78 is 5.24. The van der Waals surface area contributed by atoms with Crippen LogP contribution < -0.4 is 5.73 Å². The molecule has 0 aliphatic carbocycles. The molecule has 0 saturated carbocycles. The Bertz CT molecular complexity index is 121. The van der Waals surface area contributed by atoms with Crippen LogP contribution in [-0.4, -0.2) is 18.8 Å². The van der Waals surface area contributed by atoms with E-state index in [1.54, 1.807) is 0 Å².